The Hall–Kier alpha value is -1.78. The van der Waals surface area contributed by atoms with Gasteiger partial charge in [-0.15, -0.1) is 0 Å². The van der Waals surface area contributed by atoms with Gasteiger partial charge in [0.1, 0.15) is 6.35 Å². The van der Waals surface area contributed by atoms with Gasteiger partial charge in [0.2, 0.25) is 5.95 Å². The summed E-state index contributed by atoms with van der Waals surface area (Å²) in [7, 11) is -3.91. The van der Waals surface area contributed by atoms with Gasteiger partial charge in [-0.05, 0) is 6.92 Å². The third kappa shape index (κ3) is 4.85. The fourth-order valence-corrected chi connectivity index (χ4v) is 2.62. The summed E-state index contributed by atoms with van der Waals surface area (Å²) in [4.78, 5) is 31.3. The molecule has 2 atom stereocenters. The van der Waals surface area contributed by atoms with Crippen LogP contribution in [0.5, 0.6) is 0 Å². The molecule has 0 bridgehead atoms. The predicted molar refractivity (Wildman–Crippen MR) is 80.8 cm³/mol. The van der Waals surface area contributed by atoms with E-state index in [1.807, 2.05) is 0 Å². The highest BCUT2D eigenvalue weighted by molar-refractivity contribution is 7.52. The molecule has 23 heavy (non-hydrogen) atoms. The third-order valence-corrected chi connectivity index (χ3v) is 3.80. The number of aliphatic hydroxyl groups excluding tert-OH is 1. The number of aliphatic hydroxyl groups is 1. The molecule has 11 nitrogen and oxygen atoms in total. The Bertz CT molecular complexity index is 772. The molecule has 128 valence electrons. The minimum absolute atomic E-state index is 0.0310. The number of ether oxygens (including phenoxy) is 1. The van der Waals surface area contributed by atoms with Crippen molar-refractivity contribution in [3.05, 3.63) is 16.7 Å². The van der Waals surface area contributed by atoms with Gasteiger partial charge in [-0.2, -0.15) is 4.98 Å². The summed E-state index contributed by atoms with van der Waals surface area (Å²) in [5, 5.41) is 9.00. The SMILES string of the molecule is CC(O)COP(=O)(O)COCCn1cnc2c(=O)[nH]c(N)nc21. The summed E-state index contributed by atoms with van der Waals surface area (Å²) < 4.78 is 22.9. The number of rotatable bonds is 8. The van der Waals surface area contributed by atoms with E-state index in [1.165, 1.54) is 13.3 Å². The molecule has 5 N–H and O–H groups in total. The van der Waals surface area contributed by atoms with Crippen LogP contribution >= 0.6 is 7.60 Å². The lowest BCUT2D eigenvalue weighted by Gasteiger charge is -2.13. The van der Waals surface area contributed by atoms with Crippen molar-refractivity contribution in [2.75, 3.05) is 25.3 Å². The zero-order valence-corrected chi connectivity index (χ0v) is 13.3. The van der Waals surface area contributed by atoms with E-state index in [-0.39, 0.29) is 31.2 Å². The van der Waals surface area contributed by atoms with Gasteiger partial charge < -0.3 is 29.6 Å². The molecule has 0 aliphatic carbocycles. The minimum Gasteiger partial charge on any atom is -0.391 e. The molecule has 0 aliphatic rings. The lowest BCUT2D eigenvalue weighted by Crippen LogP contribution is -2.14. The van der Waals surface area contributed by atoms with Crippen molar-refractivity contribution in [1.82, 2.24) is 19.5 Å². The van der Waals surface area contributed by atoms with Gasteiger partial charge >= 0.3 is 7.60 Å². The number of hydrogen-bond donors (Lipinski definition) is 4. The standard InChI is InChI=1S/C11H18N5O6P/c1-7(17)4-22-23(19,20)6-21-3-2-16-5-13-8-9(16)14-11(12)15-10(8)18/h5,7,17H,2-4,6H2,1H3,(H,19,20)(H3,12,14,15,18). The summed E-state index contributed by atoms with van der Waals surface area (Å²) >= 11 is 0. The molecule has 0 radical (unpaired) electrons. The van der Waals surface area contributed by atoms with Crippen LogP contribution in [0, 0.1) is 0 Å². The van der Waals surface area contributed by atoms with Crippen molar-refractivity contribution < 1.29 is 23.8 Å². The van der Waals surface area contributed by atoms with E-state index in [0.29, 0.717) is 5.65 Å². The first kappa shape index (κ1) is 17.6. The molecule has 2 unspecified atom stereocenters. The molecule has 2 rings (SSSR count). The van der Waals surface area contributed by atoms with Crippen LogP contribution in [0.3, 0.4) is 0 Å². The molecule has 0 spiro atoms. The average Bonchev–Trinajstić information content (AvgIpc) is 2.85. The monoisotopic (exact) mass is 347 g/mol. The summed E-state index contributed by atoms with van der Waals surface area (Å²) in [6.45, 7) is 1.51. The number of aromatic amines is 1. The van der Waals surface area contributed by atoms with Crippen LogP contribution in [-0.4, -0.2) is 55.2 Å². The van der Waals surface area contributed by atoms with Gasteiger partial charge in [0, 0.05) is 6.54 Å². The smallest absolute Gasteiger partial charge is 0.353 e. The number of nitrogen functional groups attached to an aromatic ring is 1. The second-order valence-corrected chi connectivity index (χ2v) is 6.67. The maximum absolute atomic E-state index is 11.6. The van der Waals surface area contributed by atoms with Gasteiger partial charge in [-0.1, -0.05) is 0 Å². The summed E-state index contributed by atoms with van der Waals surface area (Å²) in [6.07, 6.45) is 0.0446. The molecule has 0 saturated heterocycles. The van der Waals surface area contributed by atoms with E-state index >= 15 is 0 Å². The molecule has 0 aromatic carbocycles. The molecule has 2 heterocycles. The minimum atomic E-state index is -3.91. The number of fused-ring (bicyclic) bond motifs is 1. The highest BCUT2D eigenvalue weighted by atomic mass is 31.2. The van der Waals surface area contributed by atoms with Crippen LogP contribution in [0.4, 0.5) is 5.95 Å². The molecule has 2 aromatic rings. The van der Waals surface area contributed by atoms with Gasteiger partial charge in [0.25, 0.3) is 5.56 Å². The molecule has 0 aliphatic heterocycles. The van der Waals surface area contributed by atoms with E-state index < -0.39 is 25.6 Å². The fourth-order valence-electron chi connectivity index (χ4n) is 1.74. The van der Waals surface area contributed by atoms with Gasteiger partial charge in [-0.25, -0.2) is 4.98 Å². The molecular formula is C11H18N5O6P. The number of aromatic nitrogens is 4. The predicted octanol–water partition coefficient (Wildman–Crippen LogP) is -0.741. The Morgan fingerprint density at radius 1 is 1.57 bits per heavy atom. The summed E-state index contributed by atoms with van der Waals surface area (Å²) in [5.41, 5.74) is 5.47. The Morgan fingerprint density at radius 2 is 2.30 bits per heavy atom. The quantitative estimate of drug-likeness (QED) is 0.355. The second kappa shape index (κ2) is 7.20. The van der Waals surface area contributed by atoms with Crippen molar-refractivity contribution in [1.29, 1.82) is 0 Å². The van der Waals surface area contributed by atoms with E-state index in [4.69, 9.17) is 15.6 Å². The summed E-state index contributed by atoms with van der Waals surface area (Å²) in [5.74, 6) is -0.0310. The Kier molecular flexibility index (Phi) is 5.50. The number of anilines is 1. The van der Waals surface area contributed by atoms with Crippen molar-refractivity contribution in [2.45, 2.75) is 19.6 Å². The van der Waals surface area contributed by atoms with Gasteiger partial charge in [0.05, 0.1) is 25.6 Å². The number of nitrogens with zero attached hydrogens (tertiary/aromatic N) is 3. The van der Waals surface area contributed by atoms with Crippen LogP contribution in [0.1, 0.15) is 6.92 Å². The highest BCUT2D eigenvalue weighted by Gasteiger charge is 2.20. The van der Waals surface area contributed by atoms with Crippen LogP contribution in [-0.2, 0) is 20.4 Å². The number of nitrogens with one attached hydrogen (secondary N) is 1. The van der Waals surface area contributed by atoms with Gasteiger partial charge in [-0.3, -0.25) is 14.3 Å². The van der Waals surface area contributed by atoms with E-state index in [2.05, 4.69) is 19.5 Å². The average molecular weight is 347 g/mol. The zero-order valence-electron chi connectivity index (χ0n) is 12.4. The van der Waals surface area contributed by atoms with Crippen LogP contribution < -0.4 is 11.3 Å². The lowest BCUT2D eigenvalue weighted by molar-refractivity contribution is 0.0961. The van der Waals surface area contributed by atoms with E-state index in [9.17, 15) is 14.3 Å². The maximum Gasteiger partial charge on any atom is 0.353 e. The molecule has 0 amide bonds. The first-order chi connectivity index (χ1) is 10.8. The topological polar surface area (TPSA) is 166 Å². The lowest BCUT2D eigenvalue weighted by atomic mass is 10.5. The normalized spacial score (nSPS) is 15.6. The molecule has 2 aromatic heterocycles. The number of hydrogen-bond acceptors (Lipinski definition) is 8. The van der Waals surface area contributed by atoms with Gasteiger partial charge in [0.15, 0.2) is 11.2 Å². The maximum atomic E-state index is 11.6. The Balaban J connectivity index is 1.90. The van der Waals surface area contributed by atoms with Crippen molar-refractivity contribution in [3.8, 4) is 0 Å². The second-order valence-electron chi connectivity index (χ2n) is 4.88. The molecule has 0 fully saturated rings. The molecule has 12 heteroatoms. The number of nitrogens with two attached hydrogens (primary N) is 1. The first-order valence-electron chi connectivity index (χ1n) is 6.71. The van der Waals surface area contributed by atoms with Crippen molar-refractivity contribution in [3.63, 3.8) is 0 Å². The highest BCUT2D eigenvalue weighted by Crippen LogP contribution is 2.41. The Labute approximate surface area is 130 Å². The molecule has 0 saturated carbocycles. The number of imidazole rings is 1. The van der Waals surface area contributed by atoms with Crippen molar-refractivity contribution in [2.24, 2.45) is 0 Å². The first-order valence-corrected chi connectivity index (χ1v) is 8.47. The van der Waals surface area contributed by atoms with Crippen LogP contribution in [0.25, 0.3) is 11.2 Å². The largest absolute Gasteiger partial charge is 0.391 e. The Morgan fingerprint density at radius 3 is 3.00 bits per heavy atom. The number of H-pyrrole nitrogens is 1. The van der Waals surface area contributed by atoms with E-state index in [0.717, 1.165) is 0 Å². The van der Waals surface area contributed by atoms with Crippen LogP contribution in [0.2, 0.25) is 0 Å². The zero-order chi connectivity index (χ0) is 17.0. The van der Waals surface area contributed by atoms with Crippen LogP contribution in [0.15, 0.2) is 11.1 Å². The fraction of sp³-hybridized carbons (Fsp3) is 0.545. The molecular weight excluding hydrogens is 329 g/mol. The van der Waals surface area contributed by atoms with Crippen molar-refractivity contribution >= 4 is 24.7 Å². The third-order valence-electron chi connectivity index (χ3n) is 2.74. The summed E-state index contributed by atoms with van der Waals surface area (Å²) in [6, 6.07) is 0. The van der Waals surface area contributed by atoms with E-state index in [1.54, 1.807) is 4.57 Å².